The van der Waals surface area contributed by atoms with Crippen LogP contribution in [0.5, 0.6) is 0 Å². The molecule has 1 heterocycles. The number of amides is 2. The van der Waals surface area contributed by atoms with E-state index in [0.29, 0.717) is 12.2 Å². The molecule has 1 aliphatic heterocycles. The molecule has 4 atom stereocenters. The smallest absolute Gasteiger partial charge is 0.378 e. The second-order valence-corrected chi connectivity index (χ2v) is 6.80. The van der Waals surface area contributed by atoms with Crippen molar-refractivity contribution in [1.29, 1.82) is 0 Å². The van der Waals surface area contributed by atoms with E-state index in [9.17, 15) is 18.0 Å². The predicted octanol–water partition coefficient (Wildman–Crippen LogP) is 3.42. The number of nitrogens with one attached hydrogen (secondary N) is 2. The minimum Gasteiger partial charge on any atom is -0.378 e. The van der Waals surface area contributed by atoms with Gasteiger partial charge in [0.1, 0.15) is 6.04 Å². The molecule has 1 aromatic rings. The molecule has 0 radical (unpaired) electrons. The number of alkyl halides is 3. The Bertz CT molecular complexity index is 579. The lowest BCUT2D eigenvalue weighted by Crippen LogP contribution is -2.55. The van der Waals surface area contributed by atoms with Gasteiger partial charge in [0.25, 0.3) is 0 Å². The van der Waals surface area contributed by atoms with E-state index in [1.807, 2.05) is 0 Å². The van der Waals surface area contributed by atoms with E-state index in [1.54, 1.807) is 30.3 Å². The normalized spacial score (nSPS) is 27.4. The minimum atomic E-state index is -4.50. The fraction of sp³-hybridized carbons (Fsp3) is 0.611. The van der Waals surface area contributed by atoms with Crippen molar-refractivity contribution in [2.75, 3.05) is 6.61 Å². The largest absolute Gasteiger partial charge is 0.408 e. The Labute approximate surface area is 145 Å². The monoisotopic (exact) mass is 356 g/mol. The minimum absolute atomic E-state index is 0.119. The summed E-state index contributed by atoms with van der Waals surface area (Å²) in [5.74, 6) is 0.206. The van der Waals surface area contributed by atoms with Gasteiger partial charge in [-0.2, -0.15) is 13.2 Å². The Hall–Kier alpha value is -1.76. The standard InChI is InChI=1S/C18H23F3N2O2/c19-18(20,21)16(11-12-5-2-1-3-6-12)23-17(24)22-14-7-4-8-15-13(14)9-10-25-15/h1-3,5-6,13-16H,4,7-11H2,(H2,22,23,24). The first kappa shape index (κ1) is 18.0. The zero-order valence-electron chi connectivity index (χ0n) is 13.9. The quantitative estimate of drug-likeness (QED) is 0.869. The zero-order chi connectivity index (χ0) is 17.9. The molecule has 0 spiro atoms. The molecule has 25 heavy (non-hydrogen) atoms. The molecule has 0 aromatic heterocycles. The SMILES string of the molecule is O=C(NC1CCCC2OCCC12)NC(Cc1ccccc1)C(F)(F)F. The number of fused-ring (bicyclic) bond motifs is 1. The van der Waals surface area contributed by atoms with Gasteiger partial charge in [0, 0.05) is 25.0 Å². The number of ether oxygens (including phenoxy) is 1. The number of hydrogen-bond donors (Lipinski definition) is 2. The maximum absolute atomic E-state index is 13.3. The van der Waals surface area contributed by atoms with Crippen LogP contribution in [0.2, 0.25) is 0 Å². The molecule has 1 saturated heterocycles. The van der Waals surface area contributed by atoms with Crippen molar-refractivity contribution in [2.24, 2.45) is 5.92 Å². The number of carbonyl (C=O) groups is 1. The van der Waals surface area contributed by atoms with E-state index >= 15 is 0 Å². The van der Waals surface area contributed by atoms with E-state index in [0.717, 1.165) is 25.7 Å². The molecule has 2 amide bonds. The summed E-state index contributed by atoms with van der Waals surface area (Å²) in [6.07, 6.45) is -1.14. The molecule has 1 aliphatic carbocycles. The molecule has 4 unspecified atom stereocenters. The van der Waals surface area contributed by atoms with Crippen LogP contribution in [0.3, 0.4) is 0 Å². The van der Waals surface area contributed by atoms with Crippen molar-refractivity contribution in [1.82, 2.24) is 10.6 Å². The molecular weight excluding hydrogens is 333 g/mol. The number of urea groups is 1. The van der Waals surface area contributed by atoms with Gasteiger partial charge in [0.05, 0.1) is 6.10 Å². The van der Waals surface area contributed by atoms with E-state index in [1.165, 1.54) is 0 Å². The summed E-state index contributed by atoms with van der Waals surface area (Å²) in [5, 5.41) is 4.87. The van der Waals surface area contributed by atoms with Crippen molar-refractivity contribution in [3.05, 3.63) is 35.9 Å². The topological polar surface area (TPSA) is 50.4 Å². The molecule has 1 aromatic carbocycles. The zero-order valence-corrected chi connectivity index (χ0v) is 13.9. The summed E-state index contributed by atoms with van der Waals surface area (Å²) in [6, 6.07) is 5.59. The summed E-state index contributed by atoms with van der Waals surface area (Å²) in [7, 11) is 0. The van der Waals surface area contributed by atoms with Crippen molar-refractivity contribution in [3.8, 4) is 0 Å². The van der Waals surface area contributed by atoms with Crippen molar-refractivity contribution >= 4 is 6.03 Å². The van der Waals surface area contributed by atoms with Gasteiger partial charge in [-0.1, -0.05) is 30.3 Å². The summed E-state index contributed by atoms with van der Waals surface area (Å²) in [4.78, 5) is 12.2. The van der Waals surface area contributed by atoms with Gasteiger partial charge in [-0.05, 0) is 31.2 Å². The van der Waals surface area contributed by atoms with Gasteiger partial charge in [-0.15, -0.1) is 0 Å². The molecule has 2 fully saturated rings. The number of rotatable bonds is 4. The first-order valence-corrected chi connectivity index (χ1v) is 8.73. The third-order valence-electron chi connectivity index (χ3n) is 5.08. The van der Waals surface area contributed by atoms with E-state index in [4.69, 9.17) is 4.74 Å². The fourth-order valence-electron chi connectivity index (χ4n) is 3.82. The average Bonchev–Trinajstić information content (AvgIpc) is 3.04. The number of halogens is 3. The highest BCUT2D eigenvalue weighted by Gasteiger charge is 2.42. The molecule has 2 N–H and O–H groups in total. The molecule has 3 rings (SSSR count). The van der Waals surface area contributed by atoms with Crippen LogP contribution in [0.4, 0.5) is 18.0 Å². The van der Waals surface area contributed by atoms with Crippen LogP contribution in [0, 0.1) is 5.92 Å². The fourth-order valence-corrected chi connectivity index (χ4v) is 3.82. The highest BCUT2D eigenvalue weighted by atomic mass is 19.4. The summed E-state index contributed by atoms with van der Waals surface area (Å²) in [5.41, 5.74) is 0.534. The lowest BCUT2D eigenvalue weighted by molar-refractivity contribution is -0.152. The van der Waals surface area contributed by atoms with Crippen LogP contribution in [-0.4, -0.2) is 37.0 Å². The third kappa shape index (κ3) is 4.66. The van der Waals surface area contributed by atoms with Gasteiger partial charge >= 0.3 is 12.2 Å². The predicted molar refractivity (Wildman–Crippen MR) is 87.1 cm³/mol. The van der Waals surface area contributed by atoms with Gasteiger partial charge in [0.15, 0.2) is 0 Å². The summed E-state index contributed by atoms with van der Waals surface area (Å²) in [6.45, 7) is 0.661. The Balaban J connectivity index is 1.60. The van der Waals surface area contributed by atoms with Crippen LogP contribution >= 0.6 is 0 Å². The van der Waals surface area contributed by atoms with E-state index < -0.39 is 18.2 Å². The molecule has 2 aliphatic rings. The second kappa shape index (κ2) is 7.64. The number of hydrogen-bond acceptors (Lipinski definition) is 2. The van der Waals surface area contributed by atoms with Crippen molar-refractivity contribution < 1.29 is 22.7 Å². The number of carbonyl (C=O) groups excluding carboxylic acids is 1. The van der Waals surface area contributed by atoms with E-state index in [2.05, 4.69) is 10.6 Å². The molecule has 7 heteroatoms. The van der Waals surface area contributed by atoms with Gasteiger partial charge < -0.3 is 15.4 Å². The van der Waals surface area contributed by atoms with Crippen molar-refractivity contribution in [3.63, 3.8) is 0 Å². The first-order valence-electron chi connectivity index (χ1n) is 8.73. The van der Waals surface area contributed by atoms with Crippen LogP contribution in [0.15, 0.2) is 30.3 Å². The lowest BCUT2D eigenvalue weighted by atomic mass is 9.82. The van der Waals surface area contributed by atoms with Crippen molar-refractivity contribution in [2.45, 2.75) is 56.5 Å². The summed E-state index contributed by atoms with van der Waals surface area (Å²) >= 11 is 0. The van der Waals surface area contributed by atoms with Crippen LogP contribution in [0.25, 0.3) is 0 Å². The lowest BCUT2D eigenvalue weighted by Gasteiger charge is -2.33. The molecule has 4 nitrogen and oxygen atoms in total. The maximum Gasteiger partial charge on any atom is 0.408 e. The Morgan fingerprint density at radius 3 is 2.68 bits per heavy atom. The average molecular weight is 356 g/mol. The Kier molecular flexibility index (Phi) is 5.51. The van der Waals surface area contributed by atoms with Crippen LogP contribution in [-0.2, 0) is 11.2 Å². The van der Waals surface area contributed by atoms with Crippen LogP contribution in [0.1, 0.15) is 31.2 Å². The molecule has 1 saturated carbocycles. The van der Waals surface area contributed by atoms with Crippen LogP contribution < -0.4 is 10.6 Å². The third-order valence-corrected chi connectivity index (χ3v) is 5.08. The Morgan fingerprint density at radius 2 is 1.96 bits per heavy atom. The first-order chi connectivity index (χ1) is 11.9. The van der Waals surface area contributed by atoms with E-state index in [-0.39, 0.29) is 24.5 Å². The second-order valence-electron chi connectivity index (χ2n) is 6.80. The number of benzene rings is 1. The maximum atomic E-state index is 13.3. The van der Waals surface area contributed by atoms with Gasteiger partial charge in [0.2, 0.25) is 0 Å². The van der Waals surface area contributed by atoms with Gasteiger partial charge in [-0.25, -0.2) is 4.79 Å². The highest BCUT2D eigenvalue weighted by molar-refractivity contribution is 5.74. The highest BCUT2D eigenvalue weighted by Crippen LogP contribution is 2.34. The van der Waals surface area contributed by atoms with Gasteiger partial charge in [-0.3, -0.25) is 0 Å². The molecule has 0 bridgehead atoms. The summed E-state index contributed by atoms with van der Waals surface area (Å²) < 4.78 is 45.5. The molecular formula is C18H23F3N2O2. The Morgan fingerprint density at radius 1 is 1.20 bits per heavy atom. The molecule has 138 valence electrons.